The van der Waals surface area contributed by atoms with Crippen LogP contribution in [0.4, 0.5) is 10.5 Å². The van der Waals surface area contributed by atoms with Gasteiger partial charge in [-0.3, -0.25) is 9.59 Å². The van der Waals surface area contributed by atoms with Gasteiger partial charge in [0.05, 0.1) is 0 Å². The van der Waals surface area contributed by atoms with Crippen LogP contribution >= 0.6 is 11.6 Å². The van der Waals surface area contributed by atoms with Crippen LogP contribution in [0.2, 0.25) is 5.02 Å². The van der Waals surface area contributed by atoms with Crippen LogP contribution in [-0.4, -0.2) is 73.0 Å². The number of hydrogen-bond donors (Lipinski definition) is 2. The number of primary amides is 1. The number of hydrogen-bond acceptors (Lipinski definition) is 4. The summed E-state index contributed by atoms with van der Waals surface area (Å²) in [5.74, 6) is -0.599. The first-order chi connectivity index (χ1) is 13.8. The van der Waals surface area contributed by atoms with Gasteiger partial charge in [-0.1, -0.05) is 11.6 Å². The topological polar surface area (TPSA) is 99.0 Å². The maximum Gasteiger partial charge on any atom is 0.318 e. The van der Waals surface area contributed by atoms with Crippen molar-refractivity contribution in [1.82, 2.24) is 15.1 Å². The number of anilines is 1. The van der Waals surface area contributed by atoms with Gasteiger partial charge >= 0.3 is 6.03 Å². The molecule has 0 unspecified atom stereocenters. The Hall–Kier alpha value is -2.48. The highest BCUT2D eigenvalue weighted by molar-refractivity contribution is 6.30. The third kappa shape index (κ3) is 5.32. The smallest absolute Gasteiger partial charge is 0.318 e. The van der Waals surface area contributed by atoms with E-state index >= 15 is 0 Å². The van der Waals surface area contributed by atoms with Crippen molar-refractivity contribution in [3.8, 4) is 0 Å². The van der Waals surface area contributed by atoms with Crippen molar-refractivity contribution in [3.05, 3.63) is 29.3 Å². The van der Waals surface area contributed by atoms with Crippen molar-refractivity contribution in [3.63, 3.8) is 0 Å². The van der Waals surface area contributed by atoms with Crippen LogP contribution in [0, 0.1) is 5.92 Å². The van der Waals surface area contributed by atoms with Crippen LogP contribution < -0.4 is 16.0 Å². The second-order valence-electron chi connectivity index (χ2n) is 7.62. The minimum atomic E-state index is -0.609. The number of amides is 4. The highest BCUT2D eigenvalue weighted by atomic mass is 35.5. The molecule has 4 amide bonds. The number of nitrogens with one attached hydrogen (secondary N) is 1. The predicted molar refractivity (Wildman–Crippen MR) is 112 cm³/mol. The number of halogens is 1. The molecule has 0 bridgehead atoms. The van der Waals surface area contributed by atoms with E-state index in [2.05, 4.69) is 10.2 Å². The number of likely N-dealkylation sites (tertiary alicyclic amines) is 1. The molecule has 158 valence electrons. The Morgan fingerprint density at radius 3 is 2.14 bits per heavy atom. The zero-order chi connectivity index (χ0) is 21.0. The van der Waals surface area contributed by atoms with Crippen LogP contribution in [0.15, 0.2) is 24.3 Å². The van der Waals surface area contributed by atoms with E-state index < -0.39 is 6.04 Å². The molecule has 0 aromatic heterocycles. The van der Waals surface area contributed by atoms with Gasteiger partial charge in [0, 0.05) is 55.9 Å². The van der Waals surface area contributed by atoms with Crippen molar-refractivity contribution in [2.75, 3.05) is 44.2 Å². The Labute approximate surface area is 175 Å². The summed E-state index contributed by atoms with van der Waals surface area (Å²) >= 11 is 5.94. The summed E-state index contributed by atoms with van der Waals surface area (Å²) in [7, 11) is 0. The monoisotopic (exact) mass is 421 g/mol. The van der Waals surface area contributed by atoms with Gasteiger partial charge in [0.1, 0.15) is 6.04 Å². The number of nitrogens with two attached hydrogens (primary N) is 1. The molecule has 2 aliphatic heterocycles. The first-order valence-corrected chi connectivity index (χ1v) is 10.4. The van der Waals surface area contributed by atoms with E-state index in [1.165, 1.54) is 0 Å². The van der Waals surface area contributed by atoms with E-state index in [0.717, 1.165) is 18.8 Å². The lowest BCUT2D eigenvalue weighted by atomic mass is 9.96. The average molecular weight is 422 g/mol. The Morgan fingerprint density at radius 2 is 1.59 bits per heavy atom. The SMILES string of the molecule is C[C@@H](NC(=O)N1CCN(c2ccc(Cl)cc2)CC1)C(=O)N1CCC(C(N)=O)CC1. The largest absolute Gasteiger partial charge is 0.369 e. The van der Waals surface area contributed by atoms with Crippen molar-refractivity contribution >= 4 is 35.1 Å². The van der Waals surface area contributed by atoms with Gasteiger partial charge in [-0.2, -0.15) is 0 Å². The first kappa shape index (κ1) is 21.2. The Kier molecular flexibility index (Phi) is 6.84. The van der Waals surface area contributed by atoms with Gasteiger partial charge in [0.25, 0.3) is 0 Å². The van der Waals surface area contributed by atoms with Crippen molar-refractivity contribution in [2.45, 2.75) is 25.8 Å². The third-order valence-corrected chi connectivity index (χ3v) is 5.93. The lowest BCUT2D eigenvalue weighted by Gasteiger charge is -2.37. The fourth-order valence-corrected chi connectivity index (χ4v) is 3.94. The van der Waals surface area contributed by atoms with E-state index in [0.29, 0.717) is 44.0 Å². The summed E-state index contributed by atoms with van der Waals surface area (Å²) in [6.07, 6.45) is 1.16. The molecule has 1 aromatic carbocycles. The zero-order valence-electron chi connectivity index (χ0n) is 16.6. The Balaban J connectivity index is 1.45. The number of piperazine rings is 1. The van der Waals surface area contributed by atoms with E-state index in [4.69, 9.17) is 17.3 Å². The van der Waals surface area contributed by atoms with Crippen LogP contribution in [0.25, 0.3) is 0 Å². The van der Waals surface area contributed by atoms with Gasteiger partial charge in [0.15, 0.2) is 0 Å². The maximum absolute atomic E-state index is 12.6. The molecule has 0 aliphatic carbocycles. The molecule has 3 N–H and O–H groups in total. The zero-order valence-corrected chi connectivity index (χ0v) is 17.4. The molecule has 9 heteroatoms. The number of urea groups is 1. The summed E-state index contributed by atoms with van der Waals surface area (Å²) in [6, 6.07) is 6.82. The molecular weight excluding hydrogens is 394 g/mol. The lowest BCUT2D eigenvalue weighted by Crippen LogP contribution is -2.56. The molecule has 0 spiro atoms. The standard InChI is InChI=1S/C20H28ClN5O3/c1-14(19(28)25-8-6-15(7-9-25)18(22)27)23-20(29)26-12-10-24(11-13-26)17-4-2-16(21)3-5-17/h2-5,14-15H,6-13H2,1H3,(H2,22,27)(H,23,29)/t14-/m1/s1. The van der Waals surface area contributed by atoms with Crippen molar-refractivity contribution in [1.29, 1.82) is 0 Å². The molecule has 3 rings (SSSR count). The summed E-state index contributed by atoms with van der Waals surface area (Å²) < 4.78 is 0. The van der Waals surface area contributed by atoms with Crippen LogP contribution in [0.3, 0.4) is 0 Å². The van der Waals surface area contributed by atoms with Crippen LogP contribution in [-0.2, 0) is 9.59 Å². The Bertz CT molecular complexity index is 741. The molecular formula is C20H28ClN5O3. The number of benzene rings is 1. The van der Waals surface area contributed by atoms with Gasteiger partial charge in [-0.25, -0.2) is 4.79 Å². The second kappa shape index (κ2) is 9.35. The highest BCUT2D eigenvalue weighted by Crippen LogP contribution is 2.20. The Morgan fingerprint density at radius 1 is 1.00 bits per heavy atom. The minimum absolute atomic E-state index is 0.124. The number of piperidine rings is 1. The fraction of sp³-hybridized carbons (Fsp3) is 0.550. The lowest BCUT2D eigenvalue weighted by molar-refractivity contribution is -0.136. The molecule has 2 fully saturated rings. The molecule has 0 saturated carbocycles. The average Bonchev–Trinajstić information content (AvgIpc) is 2.74. The summed E-state index contributed by atoms with van der Waals surface area (Å²) in [6.45, 7) is 5.29. The molecule has 2 aliphatic rings. The molecule has 1 aromatic rings. The summed E-state index contributed by atoms with van der Waals surface area (Å²) in [5, 5.41) is 3.51. The number of rotatable bonds is 4. The van der Waals surface area contributed by atoms with E-state index in [1.54, 1.807) is 16.7 Å². The highest BCUT2D eigenvalue weighted by Gasteiger charge is 2.30. The molecule has 2 heterocycles. The van der Waals surface area contributed by atoms with Crippen molar-refractivity contribution in [2.24, 2.45) is 11.7 Å². The molecule has 8 nitrogen and oxygen atoms in total. The fourth-order valence-electron chi connectivity index (χ4n) is 3.82. The number of nitrogens with zero attached hydrogens (tertiary/aromatic N) is 3. The number of carbonyl (C=O) groups excluding carboxylic acids is 3. The van der Waals surface area contributed by atoms with Gasteiger partial charge in [-0.15, -0.1) is 0 Å². The van der Waals surface area contributed by atoms with Crippen LogP contribution in [0.1, 0.15) is 19.8 Å². The van der Waals surface area contributed by atoms with Crippen LogP contribution in [0.5, 0.6) is 0 Å². The molecule has 1 atom stereocenters. The van der Waals surface area contributed by atoms with Gasteiger partial charge < -0.3 is 25.8 Å². The number of carbonyl (C=O) groups is 3. The molecule has 0 radical (unpaired) electrons. The predicted octanol–water partition coefficient (Wildman–Crippen LogP) is 1.28. The molecule has 29 heavy (non-hydrogen) atoms. The third-order valence-electron chi connectivity index (χ3n) is 5.68. The normalized spacial score (nSPS) is 19.0. The quantitative estimate of drug-likeness (QED) is 0.765. The van der Waals surface area contributed by atoms with Gasteiger partial charge in [0.2, 0.25) is 11.8 Å². The van der Waals surface area contributed by atoms with Crippen molar-refractivity contribution < 1.29 is 14.4 Å². The van der Waals surface area contributed by atoms with E-state index in [1.807, 2.05) is 24.3 Å². The van der Waals surface area contributed by atoms with E-state index in [9.17, 15) is 14.4 Å². The van der Waals surface area contributed by atoms with Gasteiger partial charge in [-0.05, 0) is 44.0 Å². The molecule has 2 saturated heterocycles. The van der Waals surface area contributed by atoms with E-state index in [-0.39, 0.29) is 23.8 Å². The summed E-state index contributed by atoms with van der Waals surface area (Å²) in [5.41, 5.74) is 6.42. The minimum Gasteiger partial charge on any atom is -0.369 e. The second-order valence-corrected chi connectivity index (χ2v) is 8.06. The summed E-state index contributed by atoms with van der Waals surface area (Å²) in [4.78, 5) is 42.1. The maximum atomic E-state index is 12.6. The first-order valence-electron chi connectivity index (χ1n) is 9.99.